The first-order valence-electron chi connectivity index (χ1n) is 8.29. The molecule has 0 bridgehead atoms. The monoisotopic (exact) mass is 330 g/mol. The Bertz CT molecular complexity index is 657. The van der Waals surface area contributed by atoms with Gasteiger partial charge in [0.15, 0.2) is 0 Å². The van der Waals surface area contributed by atoms with E-state index in [0.29, 0.717) is 6.61 Å². The highest BCUT2D eigenvalue weighted by Gasteiger charge is 2.41. The van der Waals surface area contributed by atoms with Crippen LogP contribution < -0.4 is 15.6 Å². The summed E-state index contributed by atoms with van der Waals surface area (Å²) < 4.78 is 6.70. The average Bonchev–Trinajstić information content (AvgIpc) is 2.68. The van der Waals surface area contributed by atoms with Crippen molar-refractivity contribution in [2.45, 2.75) is 6.42 Å². The summed E-state index contributed by atoms with van der Waals surface area (Å²) in [6, 6.07) is 31.9. The maximum atomic E-state index is 6.70. The van der Waals surface area contributed by atoms with Gasteiger partial charge in [-0.05, 0) is 22.0 Å². The van der Waals surface area contributed by atoms with Crippen molar-refractivity contribution in [1.82, 2.24) is 0 Å². The number of benzene rings is 3. The lowest BCUT2D eigenvalue weighted by atomic mass is 10.3. The fraction of sp³-hybridized carbons (Fsp3) is 0.0909. The summed E-state index contributed by atoms with van der Waals surface area (Å²) >= 11 is 0. The molecule has 0 aliphatic heterocycles. The first-order chi connectivity index (χ1) is 11.9. The van der Waals surface area contributed by atoms with Gasteiger partial charge in [0.1, 0.15) is 0 Å². The minimum absolute atomic E-state index is 0.675. The maximum absolute atomic E-state index is 6.70. The molecule has 2 heteroatoms. The van der Waals surface area contributed by atoms with Crippen LogP contribution >= 0.6 is 0 Å². The first kappa shape index (κ1) is 16.4. The van der Waals surface area contributed by atoms with Crippen LogP contribution in [0.1, 0.15) is 6.42 Å². The molecule has 0 fully saturated rings. The maximum Gasteiger partial charge on any atom is 0.288 e. The van der Waals surface area contributed by atoms with Gasteiger partial charge in [-0.2, -0.15) is 0 Å². The van der Waals surface area contributed by atoms with Crippen LogP contribution in [0, 0.1) is 0 Å². The second-order valence-corrected chi connectivity index (χ2v) is 9.09. The Morgan fingerprint density at radius 1 is 0.667 bits per heavy atom. The fourth-order valence-corrected chi connectivity index (χ4v) is 6.97. The molecule has 24 heavy (non-hydrogen) atoms. The summed E-state index contributed by atoms with van der Waals surface area (Å²) in [7, 11) is -2.51. The zero-order chi connectivity index (χ0) is 16.7. The molecular formula is C22H22OSi. The molecule has 0 aliphatic rings. The highest BCUT2D eigenvalue weighted by molar-refractivity contribution is 7.07. The number of hydrogen-bond acceptors (Lipinski definition) is 1. The smallest absolute Gasteiger partial charge is 0.288 e. The molecule has 0 saturated carbocycles. The zero-order valence-electron chi connectivity index (χ0n) is 13.8. The predicted octanol–water partition coefficient (Wildman–Crippen LogP) is 3.25. The molecule has 0 amide bonds. The summed E-state index contributed by atoms with van der Waals surface area (Å²) in [6.07, 6.45) is 2.77. The summed E-state index contributed by atoms with van der Waals surface area (Å²) in [6.45, 7) is 4.51. The van der Waals surface area contributed by atoms with E-state index < -0.39 is 8.32 Å². The van der Waals surface area contributed by atoms with Crippen molar-refractivity contribution in [3.63, 3.8) is 0 Å². The Hall–Kier alpha value is -2.42. The van der Waals surface area contributed by atoms with Gasteiger partial charge in [-0.25, -0.2) is 0 Å². The second-order valence-electron chi connectivity index (χ2n) is 5.71. The molecule has 0 saturated heterocycles. The zero-order valence-corrected chi connectivity index (χ0v) is 14.8. The molecule has 0 spiro atoms. The molecule has 0 heterocycles. The van der Waals surface area contributed by atoms with Crippen molar-refractivity contribution in [1.29, 1.82) is 0 Å². The van der Waals surface area contributed by atoms with E-state index in [1.165, 1.54) is 15.6 Å². The SMILES string of the molecule is C=CCCO[Si](c1ccccc1)(c1ccccc1)c1ccccc1. The molecule has 0 aromatic heterocycles. The minimum atomic E-state index is -2.51. The number of hydrogen-bond donors (Lipinski definition) is 0. The second kappa shape index (κ2) is 7.91. The molecule has 0 unspecified atom stereocenters. The van der Waals surface area contributed by atoms with Crippen LogP contribution in [0.3, 0.4) is 0 Å². The molecule has 120 valence electrons. The molecule has 0 N–H and O–H groups in total. The third kappa shape index (κ3) is 3.25. The summed E-state index contributed by atoms with van der Waals surface area (Å²) in [4.78, 5) is 0. The normalized spacial score (nSPS) is 11.2. The van der Waals surface area contributed by atoms with E-state index in [2.05, 4.69) is 97.6 Å². The Morgan fingerprint density at radius 2 is 1.04 bits per heavy atom. The van der Waals surface area contributed by atoms with Crippen LogP contribution in [0.25, 0.3) is 0 Å². The van der Waals surface area contributed by atoms with Gasteiger partial charge < -0.3 is 4.43 Å². The van der Waals surface area contributed by atoms with E-state index in [1.54, 1.807) is 0 Å². The van der Waals surface area contributed by atoms with Gasteiger partial charge in [-0.1, -0.05) is 97.1 Å². The third-order valence-corrected chi connectivity index (χ3v) is 8.26. The van der Waals surface area contributed by atoms with Crippen LogP contribution in [-0.4, -0.2) is 14.9 Å². The van der Waals surface area contributed by atoms with E-state index in [-0.39, 0.29) is 0 Å². The van der Waals surface area contributed by atoms with Crippen molar-refractivity contribution in [3.8, 4) is 0 Å². The molecule has 3 rings (SSSR count). The summed E-state index contributed by atoms with van der Waals surface area (Å²) in [5.74, 6) is 0. The van der Waals surface area contributed by atoms with Crippen molar-refractivity contribution in [3.05, 3.63) is 104 Å². The van der Waals surface area contributed by atoms with Gasteiger partial charge in [0, 0.05) is 6.61 Å². The third-order valence-electron chi connectivity index (χ3n) is 4.18. The van der Waals surface area contributed by atoms with Crippen molar-refractivity contribution in [2.24, 2.45) is 0 Å². The minimum Gasteiger partial charge on any atom is -0.404 e. The van der Waals surface area contributed by atoms with Gasteiger partial charge in [0.25, 0.3) is 8.32 Å². The van der Waals surface area contributed by atoms with Crippen LogP contribution in [0.5, 0.6) is 0 Å². The molecular weight excluding hydrogens is 308 g/mol. The van der Waals surface area contributed by atoms with E-state index in [0.717, 1.165) is 6.42 Å². The standard InChI is InChI=1S/C22H22OSi/c1-2-3-19-23-24(20-13-7-4-8-14-20,21-15-9-5-10-16-21)22-17-11-6-12-18-22/h2,4-18H,1,3,19H2. The lowest BCUT2D eigenvalue weighted by molar-refractivity contribution is 0.331. The lowest BCUT2D eigenvalue weighted by Gasteiger charge is -2.33. The highest BCUT2D eigenvalue weighted by atomic mass is 28.4. The van der Waals surface area contributed by atoms with Crippen LogP contribution in [0.2, 0.25) is 0 Å². The number of rotatable bonds is 7. The van der Waals surface area contributed by atoms with E-state index >= 15 is 0 Å². The predicted molar refractivity (Wildman–Crippen MR) is 105 cm³/mol. The topological polar surface area (TPSA) is 9.23 Å². The quantitative estimate of drug-likeness (QED) is 0.280. The molecule has 0 aliphatic carbocycles. The van der Waals surface area contributed by atoms with Gasteiger partial charge in [0.05, 0.1) is 0 Å². The average molecular weight is 331 g/mol. The first-order valence-corrected chi connectivity index (χ1v) is 10.2. The Balaban J connectivity index is 2.22. The molecule has 1 nitrogen and oxygen atoms in total. The fourth-order valence-electron chi connectivity index (χ4n) is 3.06. The van der Waals surface area contributed by atoms with Gasteiger partial charge in [-0.3, -0.25) is 0 Å². The highest BCUT2D eigenvalue weighted by Crippen LogP contribution is 2.10. The van der Waals surface area contributed by atoms with E-state index in [9.17, 15) is 0 Å². The molecule has 0 atom stereocenters. The molecule has 0 radical (unpaired) electrons. The van der Waals surface area contributed by atoms with Gasteiger partial charge in [-0.15, -0.1) is 6.58 Å². The largest absolute Gasteiger partial charge is 0.404 e. The van der Waals surface area contributed by atoms with E-state index in [4.69, 9.17) is 4.43 Å². The Kier molecular flexibility index (Phi) is 5.42. The van der Waals surface area contributed by atoms with Crippen LogP contribution in [-0.2, 0) is 4.43 Å². The van der Waals surface area contributed by atoms with Crippen molar-refractivity contribution < 1.29 is 4.43 Å². The van der Waals surface area contributed by atoms with Crippen molar-refractivity contribution in [2.75, 3.05) is 6.61 Å². The summed E-state index contributed by atoms with van der Waals surface area (Å²) in [5.41, 5.74) is 0. The Morgan fingerprint density at radius 3 is 1.38 bits per heavy atom. The van der Waals surface area contributed by atoms with E-state index in [1.807, 2.05) is 6.08 Å². The summed E-state index contributed by atoms with van der Waals surface area (Å²) in [5, 5.41) is 3.81. The Labute approximate surface area is 145 Å². The molecule has 3 aromatic carbocycles. The van der Waals surface area contributed by atoms with Gasteiger partial charge in [0.2, 0.25) is 0 Å². The van der Waals surface area contributed by atoms with Crippen LogP contribution in [0.15, 0.2) is 104 Å². The molecule has 3 aromatic rings. The van der Waals surface area contributed by atoms with Crippen LogP contribution in [0.4, 0.5) is 0 Å². The van der Waals surface area contributed by atoms with Gasteiger partial charge >= 0.3 is 0 Å². The van der Waals surface area contributed by atoms with Crippen molar-refractivity contribution >= 4 is 23.9 Å². The lowest BCUT2D eigenvalue weighted by Crippen LogP contribution is -2.69.